The highest BCUT2D eigenvalue weighted by atomic mass is 32.2. The van der Waals surface area contributed by atoms with Crippen LogP contribution in [0.2, 0.25) is 0 Å². The molecular formula is C18H20N2O5S. The zero-order chi connectivity index (χ0) is 19.3. The second kappa shape index (κ2) is 8.57. The van der Waals surface area contributed by atoms with Crippen molar-refractivity contribution in [2.45, 2.75) is 18.7 Å². The lowest BCUT2D eigenvalue weighted by molar-refractivity contribution is -0.119. The van der Waals surface area contributed by atoms with Gasteiger partial charge in [0.1, 0.15) is 5.69 Å². The topological polar surface area (TPSA) is 97.5 Å². The van der Waals surface area contributed by atoms with Gasteiger partial charge in [0.05, 0.1) is 12.7 Å². The summed E-state index contributed by atoms with van der Waals surface area (Å²) < 4.78 is 9.73. The smallest absolute Gasteiger partial charge is 0.355 e. The molecular weight excluding hydrogens is 356 g/mol. The van der Waals surface area contributed by atoms with E-state index in [2.05, 4.69) is 10.3 Å². The number of thioether (sulfide) groups is 1. The number of methoxy groups -OCH3 is 1. The van der Waals surface area contributed by atoms with E-state index in [1.807, 2.05) is 18.4 Å². The van der Waals surface area contributed by atoms with Gasteiger partial charge < -0.3 is 19.8 Å². The minimum Gasteiger partial charge on any atom is -0.465 e. The molecule has 0 aliphatic heterocycles. The molecule has 1 aromatic heterocycles. The largest absolute Gasteiger partial charge is 0.465 e. The number of aromatic amines is 1. The molecule has 0 unspecified atom stereocenters. The van der Waals surface area contributed by atoms with Crippen molar-refractivity contribution in [3.8, 4) is 0 Å². The Labute approximate surface area is 155 Å². The molecule has 2 aromatic rings. The van der Waals surface area contributed by atoms with Gasteiger partial charge in [0.2, 0.25) is 0 Å². The molecule has 2 N–H and O–H groups in total. The van der Waals surface area contributed by atoms with Gasteiger partial charge in [-0.1, -0.05) is 0 Å². The predicted octanol–water partition coefficient (Wildman–Crippen LogP) is 2.94. The van der Waals surface area contributed by atoms with E-state index in [1.54, 1.807) is 37.7 Å². The maximum Gasteiger partial charge on any atom is 0.355 e. The van der Waals surface area contributed by atoms with Crippen molar-refractivity contribution >= 4 is 35.3 Å². The standard InChI is InChI=1S/C18H20N2O5S/c1-10-15(17(22)24-3)11(2)19-16(10)18(23)25-9-14(21)20-12-5-7-13(26-4)8-6-12/h5-8,19H,9H2,1-4H3,(H,20,21). The van der Waals surface area contributed by atoms with Gasteiger partial charge in [-0.2, -0.15) is 0 Å². The summed E-state index contributed by atoms with van der Waals surface area (Å²) in [6.45, 7) is 2.83. The number of anilines is 1. The van der Waals surface area contributed by atoms with Crippen LogP contribution < -0.4 is 5.32 Å². The van der Waals surface area contributed by atoms with E-state index in [9.17, 15) is 14.4 Å². The molecule has 0 spiro atoms. The molecule has 0 fully saturated rings. The molecule has 8 heteroatoms. The summed E-state index contributed by atoms with van der Waals surface area (Å²) in [7, 11) is 1.27. The lowest BCUT2D eigenvalue weighted by atomic mass is 10.1. The number of hydrogen-bond donors (Lipinski definition) is 2. The first-order chi connectivity index (χ1) is 12.4. The van der Waals surface area contributed by atoms with E-state index in [0.717, 1.165) is 4.90 Å². The Kier molecular flexibility index (Phi) is 6.46. The summed E-state index contributed by atoms with van der Waals surface area (Å²) >= 11 is 1.60. The fraction of sp³-hybridized carbons (Fsp3) is 0.278. The number of rotatable bonds is 6. The number of carbonyl (C=O) groups excluding carboxylic acids is 3. The Bertz CT molecular complexity index is 827. The Morgan fingerprint density at radius 2 is 1.77 bits per heavy atom. The van der Waals surface area contributed by atoms with E-state index in [0.29, 0.717) is 16.9 Å². The van der Waals surface area contributed by atoms with Crippen LogP contribution in [0.1, 0.15) is 32.1 Å². The number of H-pyrrole nitrogens is 1. The number of amides is 1. The Morgan fingerprint density at radius 3 is 2.35 bits per heavy atom. The Morgan fingerprint density at radius 1 is 1.12 bits per heavy atom. The minimum atomic E-state index is -0.714. The number of carbonyl (C=O) groups is 3. The van der Waals surface area contributed by atoms with Crippen molar-refractivity contribution in [1.82, 2.24) is 4.98 Å². The van der Waals surface area contributed by atoms with Crippen LogP contribution in [0.25, 0.3) is 0 Å². The molecule has 0 atom stereocenters. The van der Waals surface area contributed by atoms with Gasteiger partial charge in [-0.25, -0.2) is 9.59 Å². The zero-order valence-electron chi connectivity index (χ0n) is 15.0. The fourth-order valence-electron chi connectivity index (χ4n) is 2.44. The van der Waals surface area contributed by atoms with E-state index in [1.165, 1.54) is 7.11 Å². The summed E-state index contributed by atoms with van der Waals surface area (Å²) in [4.78, 5) is 39.8. The van der Waals surface area contributed by atoms with Gasteiger partial charge in [0, 0.05) is 16.3 Å². The molecule has 7 nitrogen and oxygen atoms in total. The third kappa shape index (κ3) is 4.45. The highest BCUT2D eigenvalue weighted by Gasteiger charge is 2.23. The van der Waals surface area contributed by atoms with Crippen molar-refractivity contribution in [1.29, 1.82) is 0 Å². The fourth-order valence-corrected chi connectivity index (χ4v) is 2.85. The molecule has 0 aliphatic rings. The molecule has 26 heavy (non-hydrogen) atoms. The number of hydrogen-bond acceptors (Lipinski definition) is 6. The summed E-state index contributed by atoms with van der Waals surface area (Å²) in [5.74, 6) is -1.71. The number of nitrogens with one attached hydrogen (secondary N) is 2. The van der Waals surface area contributed by atoms with Gasteiger partial charge >= 0.3 is 11.9 Å². The van der Waals surface area contributed by atoms with Crippen LogP contribution in [0.5, 0.6) is 0 Å². The minimum absolute atomic E-state index is 0.125. The van der Waals surface area contributed by atoms with Gasteiger partial charge in [-0.3, -0.25) is 4.79 Å². The van der Waals surface area contributed by atoms with Crippen LogP contribution in [0.4, 0.5) is 5.69 Å². The lowest BCUT2D eigenvalue weighted by Gasteiger charge is -2.07. The zero-order valence-corrected chi connectivity index (χ0v) is 15.8. The third-order valence-corrected chi connectivity index (χ3v) is 4.48. The molecule has 0 saturated heterocycles. The summed E-state index contributed by atoms with van der Waals surface area (Å²) in [5.41, 5.74) is 1.95. The quantitative estimate of drug-likeness (QED) is 0.594. The summed E-state index contributed by atoms with van der Waals surface area (Å²) in [5, 5.41) is 2.65. The second-order valence-electron chi connectivity index (χ2n) is 5.47. The number of ether oxygens (including phenoxy) is 2. The number of aryl methyl sites for hydroxylation is 1. The second-order valence-corrected chi connectivity index (χ2v) is 6.35. The monoisotopic (exact) mass is 376 g/mol. The number of benzene rings is 1. The molecule has 2 rings (SSSR count). The van der Waals surface area contributed by atoms with E-state index >= 15 is 0 Å². The molecule has 0 aliphatic carbocycles. The van der Waals surface area contributed by atoms with Gasteiger partial charge in [0.25, 0.3) is 5.91 Å². The summed E-state index contributed by atoms with van der Waals surface area (Å²) in [6, 6.07) is 7.30. The first-order valence-electron chi connectivity index (χ1n) is 7.75. The third-order valence-electron chi connectivity index (χ3n) is 3.74. The lowest BCUT2D eigenvalue weighted by Crippen LogP contribution is -2.21. The maximum absolute atomic E-state index is 12.2. The average molecular weight is 376 g/mol. The first kappa shape index (κ1) is 19.6. The van der Waals surface area contributed by atoms with Crippen LogP contribution in [0.3, 0.4) is 0 Å². The van der Waals surface area contributed by atoms with Gasteiger partial charge in [-0.15, -0.1) is 11.8 Å². The SMILES string of the molecule is COC(=O)c1c(C)[nH]c(C(=O)OCC(=O)Nc2ccc(SC)cc2)c1C. The van der Waals surface area contributed by atoms with Crippen LogP contribution >= 0.6 is 11.8 Å². The molecule has 0 bridgehead atoms. The van der Waals surface area contributed by atoms with Crippen LogP contribution in [0.15, 0.2) is 29.2 Å². The molecule has 138 valence electrons. The number of esters is 2. The van der Waals surface area contributed by atoms with Crippen molar-refractivity contribution < 1.29 is 23.9 Å². The van der Waals surface area contributed by atoms with Gasteiger partial charge in [0.15, 0.2) is 6.61 Å². The molecule has 0 radical (unpaired) electrons. The molecule has 0 saturated carbocycles. The highest BCUT2D eigenvalue weighted by Crippen LogP contribution is 2.20. The molecule has 1 amide bonds. The van der Waals surface area contributed by atoms with E-state index in [-0.39, 0.29) is 11.3 Å². The summed E-state index contributed by atoms with van der Waals surface area (Å²) in [6.07, 6.45) is 1.96. The van der Waals surface area contributed by atoms with Crippen molar-refractivity contribution in [2.24, 2.45) is 0 Å². The first-order valence-corrected chi connectivity index (χ1v) is 8.98. The van der Waals surface area contributed by atoms with Crippen LogP contribution in [0, 0.1) is 13.8 Å². The van der Waals surface area contributed by atoms with E-state index < -0.39 is 24.5 Å². The normalized spacial score (nSPS) is 10.3. The molecule has 1 heterocycles. The highest BCUT2D eigenvalue weighted by molar-refractivity contribution is 7.98. The predicted molar refractivity (Wildman–Crippen MR) is 98.7 cm³/mol. The van der Waals surface area contributed by atoms with E-state index in [4.69, 9.17) is 9.47 Å². The maximum atomic E-state index is 12.2. The average Bonchev–Trinajstić information content (AvgIpc) is 2.94. The molecule has 1 aromatic carbocycles. The number of aromatic nitrogens is 1. The Balaban J connectivity index is 1.97. The van der Waals surface area contributed by atoms with Gasteiger partial charge in [-0.05, 0) is 49.9 Å². The Hall–Kier alpha value is -2.74. The van der Waals surface area contributed by atoms with Crippen LogP contribution in [-0.2, 0) is 14.3 Å². The van der Waals surface area contributed by atoms with Crippen LogP contribution in [-0.4, -0.2) is 42.8 Å². The van der Waals surface area contributed by atoms with Crippen molar-refractivity contribution in [2.75, 3.05) is 25.3 Å². The van der Waals surface area contributed by atoms with Crippen molar-refractivity contribution in [3.63, 3.8) is 0 Å². The van der Waals surface area contributed by atoms with Crippen molar-refractivity contribution in [3.05, 3.63) is 46.8 Å².